The summed E-state index contributed by atoms with van der Waals surface area (Å²) in [5.74, 6) is 0. The van der Waals surface area contributed by atoms with Gasteiger partial charge in [-0.2, -0.15) is 0 Å². The molecule has 0 aliphatic rings. The Labute approximate surface area is 231 Å². The van der Waals surface area contributed by atoms with Gasteiger partial charge in [-0.3, -0.25) is 4.98 Å². The molecule has 2 heteroatoms. The summed E-state index contributed by atoms with van der Waals surface area (Å²) in [4.78, 5) is 7.09. The van der Waals surface area contributed by atoms with Crippen LogP contribution < -0.4 is 4.90 Å². The summed E-state index contributed by atoms with van der Waals surface area (Å²) < 4.78 is 0. The predicted octanol–water partition coefficient (Wildman–Crippen LogP) is 10.4. The zero-order valence-electron chi connectivity index (χ0n) is 23.1. The molecule has 0 radical (unpaired) electrons. The molecule has 0 aliphatic carbocycles. The summed E-state index contributed by atoms with van der Waals surface area (Å²) in [7, 11) is 0. The fraction of sp³-hybridized carbons (Fsp3) is 0.216. The average molecular weight is 509 g/mol. The number of anilines is 1. The van der Waals surface area contributed by atoms with Crippen molar-refractivity contribution in [3.8, 4) is 11.1 Å². The number of pyridine rings is 1. The summed E-state index contributed by atoms with van der Waals surface area (Å²) in [5, 5.41) is 10.2. The Balaban J connectivity index is 1.49. The van der Waals surface area contributed by atoms with Crippen LogP contribution in [-0.2, 0) is 0 Å². The standard InChI is InChI=1S/C37H36N2/c1-4-7-23-39(24-8-5-2)27-16-18-28-26(25-27)15-17-33-31-12-9-11-29(34(31)20-19-32(28)33)30-13-10-14-36-35(30)21-22-38-37(36)6-3/h6,9-22,25H,3-5,7-8,23-24H2,1-2H3. The van der Waals surface area contributed by atoms with E-state index in [-0.39, 0.29) is 0 Å². The molecule has 0 unspecified atom stereocenters. The normalized spacial score (nSPS) is 11.5. The van der Waals surface area contributed by atoms with Crippen molar-refractivity contribution in [1.82, 2.24) is 4.98 Å². The van der Waals surface area contributed by atoms with E-state index in [0.29, 0.717) is 0 Å². The molecule has 1 heterocycles. The van der Waals surface area contributed by atoms with Gasteiger partial charge in [-0.25, -0.2) is 0 Å². The molecule has 1 aromatic heterocycles. The predicted molar refractivity (Wildman–Crippen MR) is 172 cm³/mol. The van der Waals surface area contributed by atoms with Crippen LogP contribution in [-0.4, -0.2) is 18.1 Å². The highest BCUT2D eigenvalue weighted by molar-refractivity contribution is 6.20. The lowest BCUT2D eigenvalue weighted by atomic mass is 9.90. The Morgan fingerprint density at radius 1 is 0.641 bits per heavy atom. The van der Waals surface area contributed by atoms with Crippen molar-refractivity contribution in [1.29, 1.82) is 0 Å². The van der Waals surface area contributed by atoms with Gasteiger partial charge in [-0.15, -0.1) is 0 Å². The Bertz CT molecular complexity index is 1810. The van der Waals surface area contributed by atoms with Crippen LogP contribution in [0.25, 0.3) is 60.3 Å². The maximum atomic E-state index is 4.52. The van der Waals surface area contributed by atoms with E-state index in [0.717, 1.165) is 24.2 Å². The zero-order chi connectivity index (χ0) is 26.8. The highest BCUT2D eigenvalue weighted by Crippen LogP contribution is 2.39. The topological polar surface area (TPSA) is 16.1 Å². The van der Waals surface area contributed by atoms with Gasteiger partial charge in [0.15, 0.2) is 0 Å². The van der Waals surface area contributed by atoms with E-state index in [1.54, 1.807) is 0 Å². The number of aromatic nitrogens is 1. The first kappa shape index (κ1) is 25.1. The first-order valence-electron chi connectivity index (χ1n) is 14.4. The van der Waals surface area contributed by atoms with E-state index in [4.69, 9.17) is 0 Å². The second-order valence-electron chi connectivity index (χ2n) is 10.5. The van der Waals surface area contributed by atoms with Crippen LogP contribution in [0.5, 0.6) is 0 Å². The second-order valence-corrected chi connectivity index (χ2v) is 10.5. The van der Waals surface area contributed by atoms with Crippen LogP contribution in [0.1, 0.15) is 45.2 Å². The van der Waals surface area contributed by atoms with Crippen molar-refractivity contribution in [2.24, 2.45) is 0 Å². The van der Waals surface area contributed by atoms with E-state index in [1.807, 2.05) is 12.3 Å². The Kier molecular flexibility index (Phi) is 7.02. The molecule has 6 aromatic rings. The van der Waals surface area contributed by atoms with Crippen LogP contribution in [0.3, 0.4) is 0 Å². The molecule has 0 bridgehead atoms. The van der Waals surface area contributed by atoms with E-state index in [2.05, 4.69) is 115 Å². The molecule has 0 fully saturated rings. The molecule has 0 atom stereocenters. The maximum absolute atomic E-state index is 4.52. The number of hydrogen-bond acceptors (Lipinski definition) is 2. The Hall–Kier alpha value is -4.17. The molecule has 194 valence electrons. The maximum Gasteiger partial charge on any atom is 0.0702 e. The molecule has 2 nitrogen and oxygen atoms in total. The fourth-order valence-corrected chi connectivity index (χ4v) is 6.03. The van der Waals surface area contributed by atoms with Crippen molar-refractivity contribution in [3.05, 3.63) is 103 Å². The van der Waals surface area contributed by atoms with Crippen molar-refractivity contribution in [2.75, 3.05) is 18.0 Å². The van der Waals surface area contributed by atoms with E-state index >= 15 is 0 Å². The summed E-state index contributed by atoms with van der Waals surface area (Å²) in [6, 6.07) is 31.6. The lowest BCUT2D eigenvalue weighted by molar-refractivity contribution is 0.678. The number of nitrogens with zero attached hydrogens (tertiary/aromatic N) is 2. The SMILES string of the molecule is C=Cc1nccc2c(-c3cccc4c3ccc3c5ccc(N(CCCC)CCCC)cc5ccc43)cccc12. The van der Waals surface area contributed by atoms with Gasteiger partial charge in [0.1, 0.15) is 0 Å². The molecular weight excluding hydrogens is 472 g/mol. The average Bonchev–Trinajstić information content (AvgIpc) is 2.99. The van der Waals surface area contributed by atoms with Gasteiger partial charge in [0.05, 0.1) is 5.69 Å². The minimum Gasteiger partial charge on any atom is -0.372 e. The summed E-state index contributed by atoms with van der Waals surface area (Å²) in [5.41, 5.74) is 4.75. The summed E-state index contributed by atoms with van der Waals surface area (Å²) in [6.45, 7) is 10.8. The van der Waals surface area contributed by atoms with Crippen molar-refractivity contribution >= 4 is 54.9 Å². The molecule has 0 aliphatic heterocycles. The molecule has 0 spiro atoms. The van der Waals surface area contributed by atoms with Crippen molar-refractivity contribution < 1.29 is 0 Å². The van der Waals surface area contributed by atoms with Gasteiger partial charge in [-0.1, -0.05) is 100.0 Å². The molecule has 6 rings (SSSR count). The highest BCUT2D eigenvalue weighted by atomic mass is 15.1. The quantitative estimate of drug-likeness (QED) is 0.181. The van der Waals surface area contributed by atoms with Crippen LogP contribution in [0, 0.1) is 0 Å². The third kappa shape index (κ3) is 4.55. The van der Waals surface area contributed by atoms with Gasteiger partial charge in [0, 0.05) is 30.4 Å². The van der Waals surface area contributed by atoms with Gasteiger partial charge in [-0.05, 0) is 85.9 Å². The number of benzene rings is 5. The van der Waals surface area contributed by atoms with Crippen LogP contribution in [0.2, 0.25) is 0 Å². The fourth-order valence-electron chi connectivity index (χ4n) is 6.03. The monoisotopic (exact) mass is 508 g/mol. The third-order valence-corrected chi connectivity index (χ3v) is 8.11. The van der Waals surface area contributed by atoms with Crippen molar-refractivity contribution in [2.45, 2.75) is 39.5 Å². The van der Waals surface area contributed by atoms with Gasteiger partial charge < -0.3 is 4.90 Å². The lowest BCUT2D eigenvalue weighted by Crippen LogP contribution is -2.25. The van der Waals surface area contributed by atoms with Crippen LogP contribution in [0.4, 0.5) is 5.69 Å². The molecule has 0 saturated heterocycles. The van der Waals surface area contributed by atoms with Crippen LogP contribution in [0.15, 0.2) is 97.7 Å². The molecule has 5 aromatic carbocycles. The number of rotatable bonds is 9. The van der Waals surface area contributed by atoms with Gasteiger partial charge >= 0.3 is 0 Å². The Morgan fingerprint density at radius 2 is 1.23 bits per heavy atom. The minimum absolute atomic E-state index is 0.925. The molecule has 0 N–H and O–H groups in total. The summed E-state index contributed by atoms with van der Waals surface area (Å²) in [6.07, 6.45) is 8.63. The summed E-state index contributed by atoms with van der Waals surface area (Å²) >= 11 is 0. The number of fused-ring (bicyclic) bond motifs is 6. The van der Waals surface area contributed by atoms with Crippen molar-refractivity contribution in [3.63, 3.8) is 0 Å². The van der Waals surface area contributed by atoms with E-state index < -0.39 is 0 Å². The Morgan fingerprint density at radius 3 is 1.95 bits per heavy atom. The molecular formula is C37H36N2. The van der Waals surface area contributed by atoms with Gasteiger partial charge in [0.2, 0.25) is 0 Å². The molecule has 39 heavy (non-hydrogen) atoms. The van der Waals surface area contributed by atoms with E-state index in [9.17, 15) is 0 Å². The lowest BCUT2D eigenvalue weighted by Gasteiger charge is -2.25. The number of hydrogen-bond donors (Lipinski definition) is 0. The van der Waals surface area contributed by atoms with E-state index in [1.165, 1.54) is 80.2 Å². The second kappa shape index (κ2) is 10.9. The zero-order valence-corrected chi connectivity index (χ0v) is 23.1. The first-order valence-corrected chi connectivity index (χ1v) is 14.4. The molecule has 0 saturated carbocycles. The first-order chi connectivity index (χ1) is 19.2. The van der Waals surface area contributed by atoms with Crippen LogP contribution >= 0.6 is 0 Å². The molecule has 0 amide bonds. The largest absolute Gasteiger partial charge is 0.372 e. The highest BCUT2D eigenvalue weighted by Gasteiger charge is 2.13. The smallest absolute Gasteiger partial charge is 0.0702 e. The third-order valence-electron chi connectivity index (χ3n) is 8.11. The van der Waals surface area contributed by atoms with Gasteiger partial charge in [0.25, 0.3) is 0 Å². The minimum atomic E-state index is 0.925. The number of unbranched alkanes of at least 4 members (excludes halogenated alkanes) is 2.